The molecule has 0 aliphatic carbocycles. The molecule has 0 spiro atoms. The number of benzene rings is 2. The van der Waals surface area contributed by atoms with Crippen LogP contribution in [0.5, 0.6) is 5.75 Å². The summed E-state index contributed by atoms with van der Waals surface area (Å²) in [6, 6.07) is 17.4. The zero-order valence-corrected chi connectivity index (χ0v) is 16.7. The van der Waals surface area contributed by atoms with E-state index in [0.717, 1.165) is 16.0 Å². The number of aromatic amines is 1. The van der Waals surface area contributed by atoms with Crippen LogP contribution in [0.25, 0.3) is 11.3 Å². The van der Waals surface area contributed by atoms with E-state index in [1.807, 2.05) is 48.5 Å². The maximum atomic E-state index is 12.9. The van der Waals surface area contributed by atoms with Gasteiger partial charge in [0.25, 0.3) is 11.8 Å². The summed E-state index contributed by atoms with van der Waals surface area (Å²) in [6.45, 7) is -0.335. The van der Waals surface area contributed by atoms with Gasteiger partial charge in [-0.05, 0) is 23.8 Å². The lowest BCUT2D eigenvalue weighted by atomic mass is 10.1. The van der Waals surface area contributed by atoms with E-state index in [9.17, 15) is 14.4 Å². The third kappa shape index (κ3) is 4.25. The van der Waals surface area contributed by atoms with E-state index in [4.69, 9.17) is 9.47 Å². The minimum atomic E-state index is -0.722. The van der Waals surface area contributed by atoms with Crippen LogP contribution < -0.4 is 10.1 Å². The zero-order chi connectivity index (χ0) is 21.8. The summed E-state index contributed by atoms with van der Waals surface area (Å²) in [6.07, 6.45) is -0.722. The summed E-state index contributed by atoms with van der Waals surface area (Å²) in [7, 11) is 1.56. The van der Waals surface area contributed by atoms with Crippen LogP contribution in [0.15, 0.2) is 60.7 Å². The number of aromatic nitrogens is 2. The Kier molecular flexibility index (Phi) is 5.65. The van der Waals surface area contributed by atoms with Crippen LogP contribution >= 0.6 is 0 Å². The van der Waals surface area contributed by atoms with Crippen LogP contribution in [-0.4, -0.2) is 53.3 Å². The van der Waals surface area contributed by atoms with Gasteiger partial charge in [-0.1, -0.05) is 42.5 Å². The van der Waals surface area contributed by atoms with Gasteiger partial charge in [0.2, 0.25) is 0 Å². The van der Waals surface area contributed by atoms with Gasteiger partial charge in [0.05, 0.1) is 25.4 Å². The molecule has 1 atom stereocenters. The molecule has 1 aliphatic heterocycles. The monoisotopic (exact) mass is 420 g/mol. The van der Waals surface area contributed by atoms with Gasteiger partial charge in [-0.3, -0.25) is 14.7 Å². The Morgan fingerprint density at radius 2 is 1.94 bits per heavy atom. The summed E-state index contributed by atoms with van der Waals surface area (Å²) in [5.74, 6) is -0.239. The Morgan fingerprint density at radius 1 is 1.19 bits per heavy atom. The van der Waals surface area contributed by atoms with Gasteiger partial charge in [-0.2, -0.15) is 5.10 Å². The summed E-state index contributed by atoms with van der Waals surface area (Å²) >= 11 is 0. The summed E-state index contributed by atoms with van der Waals surface area (Å²) < 4.78 is 10.1. The summed E-state index contributed by atoms with van der Waals surface area (Å²) in [5, 5.41) is 9.82. The molecule has 1 unspecified atom stereocenters. The number of imide groups is 1. The molecular weight excluding hydrogens is 400 g/mol. The van der Waals surface area contributed by atoms with E-state index in [0.29, 0.717) is 11.4 Å². The van der Waals surface area contributed by atoms with Crippen molar-refractivity contribution in [1.82, 2.24) is 20.4 Å². The molecule has 4 rings (SSSR count). The molecule has 9 heteroatoms. The predicted molar refractivity (Wildman–Crippen MR) is 110 cm³/mol. The third-order valence-corrected chi connectivity index (χ3v) is 4.92. The molecule has 1 aromatic heterocycles. The van der Waals surface area contributed by atoms with Gasteiger partial charge < -0.3 is 14.8 Å². The molecule has 31 heavy (non-hydrogen) atoms. The molecule has 2 aromatic carbocycles. The van der Waals surface area contributed by atoms with Crippen molar-refractivity contribution in [2.24, 2.45) is 0 Å². The maximum Gasteiger partial charge on any atom is 0.417 e. The van der Waals surface area contributed by atoms with Gasteiger partial charge in [-0.25, -0.2) is 9.69 Å². The second-order valence-corrected chi connectivity index (χ2v) is 6.86. The zero-order valence-electron chi connectivity index (χ0n) is 16.7. The first kappa shape index (κ1) is 20.1. The number of nitrogens with one attached hydrogen (secondary N) is 2. The van der Waals surface area contributed by atoms with Crippen molar-refractivity contribution in [3.63, 3.8) is 0 Å². The molecule has 9 nitrogen and oxygen atoms in total. The number of methoxy groups -OCH3 is 1. The first-order valence-electron chi connectivity index (χ1n) is 9.58. The molecule has 0 radical (unpaired) electrons. The standard InChI is InChI=1S/C22H20N4O5/c1-30-19-10-6-5-9-15(19)16-11-17(25-24-16)21(28)23-18(14-7-3-2-4-8-14)12-26-20(27)13-31-22(26)29/h2-11,18H,12-13H2,1H3,(H,23,28)(H,24,25). The minimum Gasteiger partial charge on any atom is -0.496 e. The Hall–Kier alpha value is -4.14. The molecule has 0 saturated carbocycles. The highest BCUT2D eigenvalue weighted by molar-refractivity contribution is 5.98. The van der Waals surface area contributed by atoms with Crippen molar-refractivity contribution in [2.45, 2.75) is 6.04 Å². The molecule has 158 valence electrons. The molecular formula is C22H20N4O5. The predicted octanol–water partition coefficient (Wildman–Crippen LogP) is 2.54. The summed E-state index contributed by atoms with van der Waals surface area (Å²) in [4.78, 5) is 37.8. The molecule has 1 fully saturated rings. The van der Waals surface area contributed by atoms with Crippen molar-refractivity contribution in [1.29, 1.82) is 0 Å². The maximum absolute atomic E-state index is 12.9. The fourth-order valence-electron chi connectivity index (χ4n) is 3.33. The van der Waals surface area contributed by atoms with Crippen molar-refractivity contribution < 1.29 is 23.9 Å². The molecule has 2 heterocycles. The third-order valence-electron chi connectivity index (χ3n) is 4.92. The van der Waals surface area contributed by atoms with E-state index in [1.165, 1.54) is 0 Å². The lowest BCUT2D eigenvalue weighted by molar-refractivity contribution is -0.126. The SMILES string of the molecule is COc1ccccc1-c1cc(C(=O)NC(CN2C(=O)COC2=O)c2ccccc2)[nH]n1. The Morgan fingerprint density at radius 3 is 2.65 bits per heavy atom. The Labute approximate surface area is 178 Å². The highest BCUT2D eigenvalue weighted by atomic mass is 16.6. The number of H-pyrrole nitrogens is 1. The topological polar surface area (TPSA) is 114 Å². The number of hydrogen-bond acceptors (Lipinski definition) is 6. The van der Waals surface area contributed by atoms with Crippen molar-refractivity contribution in [3.05, 3.63) is 71.9 Å². The van der Waals surface area contributed by atoms with Gasteiger partial charge in [0.1, 0.15) is 11.4 Å². The highest BCUT2D eigenvalue weighted by Gasteiger charge is 2.34. The second kappa shape index (κ2) is 8.70. The lowest BCUT2D eigenvalue weighted by Crippen LogP contribution is -2.40. The fourth-order valence-corrected chi connectivity index (χ4v) is 3.33. The van der Waals surface area contributed by atoms with Crippen LogP contribution in [0.2, 0.25) is 0 Å². The van der Waals surface area contributed by atoms with Crippen LogP contribution in [0, 0.1) is 0 Å². The average molecular weight is 420 g/mol. The van der Waals surface area contributed by atoms with E-state index in [1.54, 1.807) is 19.2 Å². The Bertz CT molecular complexity index is 1100. The van der Waals surface area contributed by atoms with Crippen molar-refractivity contribution in [3.8, 4) is 17.0 Å². The first-order valence-corrected chi connectivity index (χ1v) is 9.58. The molecule has 2 N–H and O–H groups in total. The second-order valence-electron chi connectivity index (χ2n) is 6.86. The largest absolute Gasteiger partial charge is 0.496 e. The van der Waals surface area contributed by atoms with E-state index < -0.39 is 23.9 Å². The number of carbonyl (C=O) groups excluding carboxylic acids is 3. The van der Waals surface area contributed by atoms with Crippen LogP contribution in [-0.2, 0) is 9.53 Å². The minimum absolute atomic E-state index is 0.0408. The van der Waals surface area contributed by atoms with E-state index >= 15 is 0 Å². The van der Waals surface area contributed by atoms with E-state index in [-0.39, 0.29) is 18.8 Å². The average Bonchev–Trinajstić information content (AvgIpc) is 3.42. The smallest absolute Gasteiger partial charge is 0.417 e. The normalized spacial score (nSPS) is 14.3. The number of rotatable bonds is 7. The first-order chi connectivity index (χ1) is 15.1. The van der Waals surface area contributed by atoms with E-state index in [2.05, 4.69) is 15.5 Å². The molecule has 1 saturated heterocycles. The van der Waals surface area contributed by atoms with Gasteiger partial charge in [0.15, 0.2) is 6.61 Å². The fraction of sp³-hybridized carbons (Fsp3) is 0.182. The van der Waals surface area contributed by atoms with Gasteiger partial charge in [-0.15, -0.1) is 0 Å². The molecule has 0 bridgehead atoms. The number of cyclic esters (lactones) is 1. The molecule has 3 aromatic rings. The highest BCUT2D eigenvalue weighted by Crippen LogP contribution is 2.28. The van der Waals surface area contributed by atoms with Gasteiger partial charge >= 0.3 is 6.09 Å². The number of amides is 3. The quantitative estimate of drug-likeness (QED) is 0.607. The molecule has 3 amide bonds. The number of hydrogen-bond donors (Lipinski definition) is 2. The van der Waals surface area contributed by atoms with Crippen LogP contribution in [0.1, 0.15) is 22.1 Å². The van der Waals surface area contributed by atoms with Crippen LogP contribution in [0.4, 0.5) is 4.79 Å². The van der Waals surface area contributed by atoms with Crippen LogP contribution in [0.3, 0.4) is 0 Å². The van der Waals surface area contributed by atoms with Crippen molar-refractivity contribution in [2.75, 3.05) is 20.3 Å². The number of carbonyl (C=O) groups is 3. The number of nitrogens with zero attached hydrogens (tertiary/aromatic N) is 2. The lowest BCUT2D eigenvalue weighted by Gasteiger charge is -2.22. The van der Waals surface area contributed by atoms with Gasteiger partial charge in [0, 0.05) is 5.56 Å². The summed E-state index contributed by atoms with van der Waals surface area (Å²) in [5.41, 5.74) is 2.27. The Balaban J connectivity index is 1.56. The number of para-hydroxylation sites is 1. The molecule has 1 aliphatic rings. The number of ether oxygens (including phenoxy) is 2. The van der Waals surface area contributed by atoms with Crippen molar-refractivity contribution >= 4 is 17.9 Å².